The van der Waals surface area contributed by atoms with Gasteiger partial charge < -0.3 is 9.67 Å². The SMILES string of the molecule is O=C(O)CCCCCn1cnc2c1CCCC2. The normalized spacial score (nSPS) is 14.6. The van der Waals surface area contributed by atoms with Gasteiger partial charge in [-0.05, 0) is 38.5 Å². The van der Waals surface area contributed by atoms with E-state index in [1.807, 2.05) is 6.33 Å². The van der Waals surface area contributed by atoms with Gasteiger partial charge in [0.2, 0.25) is 0 Å². The second-order valence-electron chi connectivity index (χ2n) is 4.74. The third-order valence-electron chi connectivity index (χ3n) is 3.40. The first-order chi connectivity index (χ1) is 8.27. The van der Waals surface area contributed by atoms with Crippen molar-refractivity contribution < 1.29 is 9.90 Å². The van der Waals surface area contributed by atoms with E-state index in [9.17, 15) is 4.79 Å². The Kier molecular flexibility index (Phi) is 4.18. The lowest BCUT2D eigenvalue weighted by Gasteiger charge is -2.13. The van der Waals surface area contributed by atoms with E-state index in [0.717, 1.165) is 38.6 Å². The van der Waals surface area contributed by atoms with Gasteiger partial charge in [0.05, 0.1) is 12.0 Å². The first-order valence-corrected chi connectivity index (χ1v) is 6.52. The summed E-state index contributed by atoms with van der Waals surface area (Å²) in [5.41, 5.74) is 2.69. The number of carbonyl (C=O) groups is 1. The number of hydrogen-bond acceptors (Lipinski definition) is 2. The van der Waals surface area contributed by atoms with Gasteiger partial charge in [-0.2, -0.15) is 0 Å². The van der Waals surface area contributed by atoms with Crippen LogP contribution in [-0.4, -0.2) is 20.6 Å². The number of aryl methyl sites for hydroxylation is 2. The van der Waals surface area contributed by atoms with Crippen molar-refractivity contribution in [2.24, 2.45) is 0 Å². The molecular formula is C13H20N2O2. The smallest absolute Gasteiger partial charge is 0.303 e. The number of nitrogens with zero attached hydrogens (tertiary/aromatic N) is 2. The highest BCUT2D eigenvalue weighted by atomic mass is 16.4. The standard InChI is InChI=1S/C13H20N2O2/c16-13(17)8-2-1-5-9-15-10-14-11-6-3-4-7-12(11)15/h10H,1-9H2,(H,16,17). The van der Waals surface area contributed by atoms with Crippen molar-refractivity contribution in [2.45, 2.75) is 57.9 Å². The van der Waals surface area contributed by atoms with Crippen LogP contribution in [0.25, 0.3) is 0 Å². The van der Waals surface area contributed by atoms with Crippen molar-refractivity contribution in [3.8, 4) is 0 Å². The van der Waals surface area contributed by atoms with Crippen molar-refractivity contribution in [2.75, 3.05) is 0 Å². The van der Waals surface area contributed by atoms with Crippen LogP contribution in [0.15, 0.2) is 6.33 Å². The molecule has 4 nitrogen and oxygen atoms in total. The maximum atomic E-state index is 10.4. The van der Waals surface area contributed by atoms with Crippen LogP contribution >= 0.6 is 0 Å². The summed E-state index contributed by atoms with van der Waals surface area (Å²) < 4.78 is 2.26. The zero-order valence-corrected chi connectivity index (χ0v) is 10.2. The molecule has 0 aromatic carbocycles. The number of hydrogen-bond donors (Lipinski definition) is 1. The molecule has 2 rings (SSSR count). The monoisotopic (exact) mass is 236 g/mol. The van der Waals surface area contributed by atoms with Crippen LogP contribution in [0.2, 0.25) is 0 Å². The number of unbranched alkanes of at least 4 members (excludes halogenated alkanes) is 2. The highest BCUT2D eigenvalue weighted by Gasteiger charge is 2.14. The molecule has 1 heterocycles. The van der Waals surface area contributed by atoms with E-state index in [1.54, 1.807) is 0 Å². The first-order valence-electron chi connectivity index (χ1n) is 6.52. The van der Waals surface area contributed by atoms with Crippen molar-refractivity contribution >= 4 is 5.97 Å². The van der Waals surface area contributed by atoms with Crippen LogP contribution in [0.3, 0.4) is 0 Å². The molecule has 0 atom stereocenters. The molecular weight excluding hydrogens is 216 g/mol. The van der Waals surface area contributed by atoms with Crippen LogP contribution in [0.4, 0.5) is 0 Å². The van der Waals surface area contributed by atoms with Crippen molar-refractivity contribution in [1.82, 2.24) is 9.55 Å². The highest BCUT2D eigenvalue weighted by molar-refractivity contribution is 5.66. The molecule has 0 aliphatic heterocycles. The summed E-state index contributed by atoms with van der Waals surface area (Å²) in [5.74, 6) is -0.690. The summed E-state index contributed by atoms with van der Waals surface area (Å²) in [6.07, 6.45) is 9.89. The molecule has 0 fully saturated rings. The number of fused-ring (bicyclic) bond motifs is 1. The van der Waals surface area contributed by atoms with Crippen LogP contribution in [0.1, 0.15) is 49.9 Å². The molecule has 1 aliphatic carbocycles. The van der Waals surface area contributed by atoms with Crippen molar-refractivity contribution in [3.63, 3.8) is 0 Å². The molecule has 1 aliphatic rings. The molecule has 17 heavy (non-hydrogen) atoms. The zero-order valence-electron chi connectivity index (χ0n) is 10.2. The Labute approximate surface area is 102 Å². The summed E-state index contributed by atoms with van der Waals surface area (Å²) in [6.45, 7) is 0.988. The molecule has 1 aromatic rings. The fourth-order valence-corrected chi connectivity index (χ4v) is 2.46. The van der Waals surface area contributed by atoms with E-state index in [1.165, 1.54) is 24.2 Å². The molecule has 0 spiro atoms. The van der Waals surface area contributed by atoms with Gasteiger partial charge in [-0.1, -0.05) is 6.42 Å². The van der Waals surface area contributed by atoms with E-state index in [4.69, 9.17) is 5.11 Å². The van der Waals surface area contributed by atoms with Gasteiger partial charge in [0, 0.05) is 18.7 Å². The molecule has 0 unspecified atom stereocenters. The second-order valence-corrected chi connectivity index (χ2v) is 4.74. The minimum absolute atomic E-state index is 0.294. The van der Waals surface area contributed by atoms with Gasteiger partial charge in [-0.15, -0.1) is 0 Å². The lowest BCUT2D eigenvalue weighted by atomic mass is 10.0. The summed E-state index contributed by atoms with van der Waals surface area (Å²) >= 11 is 0. The second kappa shape index (κ2) is 5.84. The zero-order chi connectivity index (χ0) is 12.1. The fourth-order valence-electron chi connectivity index (χ4n) is 2.46. The van der Waals surface area contributed by atoms with Gasteiger partial charge in [0.25, 0.3) is 0 Å². The quantitative estimate of drug-likeness (QED) is 0.772. The lowest BCUT2D eigenvalue weighted by Crippen LogP contribution is -2.08. The Balaban J connectivity index is 1.75. The summed E-state index contributed by atoms with van der Waals surface area (Å²) in [6, 6.07) is 0. The Hall–Kier alpha value is -1.32. The third kappa shape index (κ3) is 3.32. The fraction of sp³-hybridized carbons (Fsp3) is 0.692. The Morgan fingerprint density at radius 2 is 2.12 bits per heavy atom. The molecule has 1 N–H and O–H groups in total. The van der Waals surface area contributed by atoms with Crippen LogP contribution in [-0.2, 0) is 24.2 Å². The molecule has 94 valence electrons. The molecule has 0 amide bonds. The Morgan fingerprint density at radius 1 is 1.29 bits per heavy atom. The Morgan fingerprint density at radius 3 is 2.94 bits per heavy atom. The minimum atomic E-state index is -0.690. The van der Waals surface area contributed by atoms with E-state index in [-0.39, 0.29) is 0 Å². The van der Waals surface area contributed by atoms with Gasteiger partial charge in [-0.3, -0.25) is 4.79 Å². The topological polar surface area (TPSA) is 55.1 Å². The number of imidazole rings is 1. The van der Waals surface area contributed by atoms with Crippen molar-refractivity contribution in [3.05, 3.63) is 17.7 Å². The molecule has 4 heteroatoms. The average Bonchev–Trinajstić information content (AvgIpc) is 2.72. The molecule has 0 saturated carbocycles. The van der Waals surface area contributed by atoms with Crippen LogP contribution < -0.4 is 0 Å². The molecule has 0 saturated heterocycles. The van der Waals surface area contributed by atoms with E-state index < -0.39 is 5.97 Å². The van der Waals surface area contributed by atoms with Gasteiger partial charge >= 0.3 is 5.97 Å². The molecule has 0 radical (unpaired) electrons. The number of carboxylic acid groups (broad SMARTS) is 1. The highest BCUT2D eigenvalue weighted by Crippen LogP contribution is 2.20. The lowest BCUT2D eigenvalue weighted by molar-refractivity contribution is -0.137. The predicted molar refractivity (Wildman–Crippen MR) is 65.0 cm³/mol. The molecule has 0 bridgehead atoms. The number of aromatic nitrogens is 2. The average molecular weight is 236 g/mol. The van der Waals surface area contributed by atoms with Gasteiger partial charge in [0.15, 0.2) is 0 Å². The predicted octanol–water partition coefficient (Wildman–Crippen LogP) is 2.41. The van der Waals surface area contributed by atoms with E-state index >= 15 is 0 Å². The summed E-state index contributed by atoms with van der Waals surface area (Å²) in [4.78, 5) is 14.8. The van der Waals surface area contributed by atoms with Gasteiger partial charge in [-0.25, -0.2) is 4.98 Å². The third-order valence-corrected chi connectivity index (χ3v) is 3.40. The van der Waals surface area contributed by atoms with Crippen LogP contribution in [0.5, 0.6) is 0 Å². The maximum Gasteiger partial charge on any atom is 0.303 e. The van der Waals surface area contributed by atoms with E-state index in [2.05, 4.69) is 9.55 Å². The van der Waals surface area contributed by atoms with Gasteiger partial charge in [0.1, 0.15) is 0 Å². The number of carboxylic acids is 1. The maximum absolute atomic E-state index is 10.4. The number of aliphatic carboxylic acids is 1. The summed E-state index contributed by atoms with van der Waals surface area (Å²) in [5, 5.41) is 8.54. The van der Waals surface area contributed by atoms with Crippen molar-refractivity contribution in [1.29, 1.82) is 0 Å². The molecule has 1 aromatic heterocycles. The summed E-state index contributed by atoms with van der Waals surface area (Å²) in [7, 11) is 0. The Bertz CT molecular complexity index is 385. The number of rotatable bonds is 6. The first kappa shape index (κ1) is 12.1. The largest absolute Gasteiger partial charge is 0.481 e. The minimum Gasteiger partial charge on any atom is -0.481 e. The van der Waals surface area contributed by atoms with E-state index in [0.29, 0.717) is 6.42 Å². The van der Waals surface area contributed by atoms with Crippen LogP contribution in [0, 0.1) is 0 Å².